The van der Waals surface area contributed by atoms with Crippen LogP contribution in [0.5, 0.6) is 0 Å². The van der Waals surface area contributed by atoms with E-state index in [4.69, 9.17) is 4.74 Å². The molecule has 0 saturated carbocycles. The van der Waals surface area contributed by atoms with Gasteiger partial charge in [-0.3, -0.25) is 9.69 Å². The van der Waals surface area contributed by atoms with Gasteiger partial charge in [-0.25, -0.2) is 0 Å². The van der Waals surface area contributed by atoms with E-state index in [9.17, 15) is 4.79 Å². The number of carbonyl (C=O) groups is 1. The number of benzene rings is 1. The number of nitrogens with zero attached hydrogens (tertiary/aromatic N) is 2. The van der Waals surface area contributed by atoms with Crippen LogP contribution in [0.25, 0.3) is 0 Å². The van der Waals surface area contributed by atoms with Crippen molar-refractivity contribution in [2.24, 2.45) is 11.8 Å². The number of likely N-dealkylation sites (tertiary alicyclic amines) is 1. The normalized spacial score (nSPS) is 33.8. The molecule has 0 radical (unpaired) electrons. The maximum Gasteiger partial charge on any atom is 0.225 e. The van der Waals surface area contributed by atoms with Crippen molar-refractivity contribution in [1.29, 1.82) is 0 Å². The van der Waals surface area contributed by atoms with Crippen molar-refractivity contribution in [2.45, 2.75) is 57.8 Å². The molecule has 1 spiro atoms. The van der Waals surface area contributed by atoms with Gasteiger partial charge in [-0.1, -0.05) is 50.6 Å². The van der Waals surface area contributed by atoms with Gasteiger partial charge in [-0.05, 0) is 17.9 Å². The summed E-state index contributed by atoms with van der Waals surface area (Å²) in [6, 6.07) is 11.0. The van der Waals surface area contributed by atoms with Gasteiger partial charge in [0.1, 0.15) is 5.72 Å². The van der Waals surface area contributed by atoms with Crippen molar-refractivity contribution in [3.05, 3.63) is 35.9 Å². The Balaban J connectivity index is 1.52. The van der Waals surface area contributed by atoms with Crippen LogP contribution in [-0.4, -0.2) is 47.2 Å². The van der Waals surface area contributed by atoms with Crippen molar-refractivity contribution in [3.8, 4) is 0 Å². The highest BCUT2D eigenvalue weighted by Gasteiger charge is 2.59. The maximum absolute atomic E-state index is 12.8. The first-order valence-electron chi connectivity index (χ1n) is 9.86. The van der Waals surface area contributed by atoms with E-state index in [1.807, 2.05) is 0 Å². The smallest absolute Gasteiger partial charge is 0.225 e. The summed E-state index contributed by atoms with van der Waals surface area (Å²) in [6.07, 6.45) is 3.69. The summed E-state index contributed by atoms with van der Waals surface area (Å²) in [5.41, 5.74) is 1.04. The first-order valence-corrected chi connectivity index (χ1v) is 9.86. The number of amides is 1. The molecule has 0 aliphatic carbocycles. The summed E-state index contributed by atoms with van der Waals surface area (Å²) in [6.45, 7) is 8.22. The molecular formula is C21H30N2O2. The molecule has 3 aliphatic heterocycles. The van der Waals surface area contributed by atoms with Crippen molar-refractivity contribution >= 4 is 5.91 Å². The van der Waals surface area contributed by atoms with Crippen LogP contribution in [0.15, 0.2) is 30.3 Å². The zero-order valence-electron chi connectivity index (χ0n) is 15.5. The summed E-state index contributed by atoms with van der Waals surface area (Å²) in [5.74, 6) is 1.26. The lowest BCUT2D eigenvalue weighted by molar-refractivity contribution is -0.193. The van der Waals surface area contributed by atoms with Crippen LogP contribution in [-0.2, 0) is 16.1 Å². The Morgan fingerprint density at radius 1 is 1.32 bits per heavy atom. The van der Waals surface area contributed by atoms with E-state index < -0.39 is 0 Å². The van der Waals surface area contributed by atoms with Gasteiger partial charge in [-0.2, -0.15) is 0 Å². The highest BCUT2D eigenvalue weighted by molar-refractivity contribution is 5.78. The summed E-state index contributed by atoms with van der Waals surface area (Å²) in [5, 5.41) is 0. The average molecular weight is 342 g/mol. The second-order valence-electron chi connectivity index (χ2n) is 8.08. The molecule has 1 aromatic carbocycles. The van der Waals surface area contributed by atoms with E-state index in [1.165, 1.54) is 5.56 Å². The molecular weight excluding hydrogens is 312 g/mol. The van der Waals surface area contributed by atoms with Gasteiger partial charge in [0.2, 0.25) is 5.91 Å². The van der Waals surface area contributed by atoms with E-state index >= 15 is 0 Å². The van der Waals surface area contributed by atoms with Gasteiger partial charge in [0, 0.05) is 38.4 Å². The maximum atomic E-state index is 12.8. The van der Waals surface area contributed by atoms with Crippen LogP contribution in [0.4, 0.5) is 0 Å². The van der Waals surface area contributed by atoms with E-state index in [0.717, 1.165) is 45.5 Å². The minimum atomic E-state index is -0.323. The summed E-state index contributed by atoms with van der Waals surface area (Å²) in [4.78, 5) is 17.5. The fourth-order valence-corrected chi connectivity index (χ4v) is 5.04. The molecule has 4 atom stereocenters. The lowest BCUT2D eigenvalue weighted by Gasteiger charge is -2.53. The van der Waals surface area contributed by atoms with Gasteiger partial charge in [0.15, 0.2) is 0 Å². The molecule has 0 aromatic heterocycles. The Hall–Kier alpha value is -1.39. The lowest BCUT2D eigenvalue weighted by atomic mass is 9.79. The molecule has 4 rings (SSSR count). The summed E-state index contributed by atoms with van der Waals surface area (Å²) in [7, 11) is 0. The molecule has 0 N–H and O–H groups in total. The van der Waals surface area contributed by atoms with Gasteiger partial charge in [0.25, 0.3) is 0 Å². The highest BCUT2D eigenvalue weighted by atomic mass is 16.5. The van der Waals surface area contributed by atoms with Gasteiger partial charge in [0.05, 0.1) is 12.6 Å². The molecule has 136 valence electrons. The summed E-state index contributed by atoms with van der Waals surface area (Å²) < 4.78 is 6.43. The third-order valence-electron chi connectivity index (χ3n) is 6.67. The molecule has 1 unspecified atom stereocenters. The van der Waals surface area contributed by atoms with Crippen LogP contribution in [0, 0.1) is 11.8 Å². The van der Waals surface area contributed by atoms with Crippen LogP contribution in [0.2, 0.25) is 0 Å². The minimum absolute atomic E-state index is 0.265. The van der Waals surface area contributed by atoms with Crippen LogP contribution in [0.3, 0.4) is 0 Å². The molecule has 4 nitrogen and oxygen atoms in total. The van der Waals surface area contributed by atoms with Crippen molar-refractivity contribution in [2.75, 3.05) is 19.7 Å². The standard InChI is InChI=1S/C21H30N2O2/c1-3-16(2)19-15-25-21-11-12-22(13-17-7-5-4-6-8-17)14-18(21)9-10-20(24)23(19)21/h4-8,16,18-19H,3,9-15H2,1-2H3/t16?,18-,19-,21-/m1/s1. The number of rotatable bonds is 4. The number of hydrogen-bond donors (Lipinski definition) is 0. The van der Waals surface area contributed by atoms with E-state index in [2.05, 4.69) is 54.0 Å². The second kappa shape index (κ2) is 6.73. The minimum Gasteiger partial charge on any atom is -0.353 e. The van der Waals surface area contributed by atoms with E-state index in [-0.39, 0.29) is 11.8 Å². The first-order chi connectivity index (χ1) is 12.1. The SMILES string of the molecule is CCC(C)[C@H]1CO[C@]23CCN(Cc4ccccc4)C[C@H]2CCC(=O)N13. The predicted octanol–water partition coefficient (Wildman–Crippen LogP) is 3.27. The summed E-state index contributed by atoms with van der Waals surface area (Å²) >= 11 is 0. The van der Waals surface area contributed by atoms with Crippen molar-refractivity contribution in [3.63, 3.8) is 0 Å². The molecule has 1 aromatic rings. The largest absolute Gasteiger partial charge is 0.353 e. The molecule has 3 fully saturated rings. The van der Waals surface area contributed by atoms with Gasteiger partial charge in [-0.15, -0.1) is 0 Å². The predicted molar refractivity (Wildman–Crippen MR) is 97.8 cm³/mol. The zero-order chi connectivity index (χ0) is 17.4. The monoisotopic (exact) mass is 342 g/mol. The Bertz CT molecular complexity index is 620. The second-order valence-corrected chi connectivity index (χ2v) is 8.08. The molecule has 3 heterocycles. The third-order valence-corrected chi connectivity index (χ3v) is 6.67. The Morgan fingerprint density at radius 2 is 2.12 bits per heavy atom. The lowest BCUT2D eigenvalue weighted by Crippen LogP contribution is -2.65. The van der Waals surface area contributed by atoms with Crippen molar-refractivity contribution < 1.29 is 9.53 Å². The molecule has 1 amide bonds. The quantitative estimate of drug-likeness (QED) is 0.842. The average Bonchev–Trinajstić information content (AvgIpc) is 3.03. The van der Waals surface area contributed by atoms with Gasteiger partial charge < -0.3 is 9.64 Å². The topological polar surface area (TPSA) is 32.8 Å². The number of ether oxygens (including phenoxy) is 1. The fraction of sp³-hybridized carbons (Fsp3) is 0.667. The number of piperidine rings is 2. The van der Waals surface area contributed by atoms with Crippen LogP contribution >= 0.6 is 0 Å². The Morgan fingerprint density at radius 3 is 2.88 bits per heavy atom. The third kappa shape index (κ3) is 2.89. The number of hydrogen-bond acceptors (Lipinski definition) is 3. The van der Waals surface area contributed by atoms with Crippen molar-refractivity contribution in [1.82, 2.24) is 9.80 Å². The fourth-order valence-electron chi connectivity index (χ4n) is 5.04. The van der Waals surface area contributed by atoms with Crippen LogP contribution in [0.1, 0.15) is 45.1 Å². The molecule has 0 bridgehead atoms. The highest BCUT2D eigenvalue weighted by Crippen LogP contribution is 2.47. The Labute approximate surface area is 151 Å². The molecule has 4 heteroatoms. The number of carbonyl (C=O) groups excluding carboxylic acids is 1. The van der Waals surface area contributed by atoms with E-state index in [0.29, 0.717) is 24.2 Å². The van der Waals surface area contributed by atoms with E-state index in [1.54, 1.807) is 0 Å². The molecule has 3 saturated heterocycles. The zero-order valence-corrected chi connectivity index (χ0v) is 15.5. The molecule has 3 aliphatic rings. The van der Waals surface area contributed by atoms with Gasteiger partial charge >= 0.3 is 0 Å². The molecule has 25 heavy (non-hydrogen) atoms. The first kappa shape index (κ1) is 17.0. The van der Waals surface area contributed by atoms with Crippen LogP contribution < -0.4 is 0 Å². The Kier molecular flexibility index (Phi) is 4.59.